The Morgan fingerprint density at radius 3 is 2.95 bits per heavy atom. The van der Waals surface area contributed by atoms with Crippen molar-refractivity contribution in [2.24, 2.45) is 0 Å². The molecule has 5 heteroatoms. The minimum absolute atomic E-state index is 0.0170. The zero-order valence-corrected chi connectivity index (χ0v) is 11.8. The van der Waals surface area contributed by atoms with Crippen LogP contribution in [0.4, 0.5) is 0 Å². The molecule has 20 heavy (non-hydrogen) atoms. The van der Waals surface area contributed by atoms with E-state index in [9.17, 15) is 4.79 Å². The molecule has 1 amide bonds. The summed E-state index contributed by atoms with van der Waals surface area (Å²) >= 11 is 0. The summed E-state index contributed by atoms with van der Waals surface area (Å²) in [6, 6.07) is 5.57. The standard InChI is InChI=1S/C15H21N3O2/c1-2-3-4-8-18(9-10-19)15(20)13-7-5-6-12-11-16-17-14(12)13/h5-7,11,19H,2-4,8-10H2,1H3,(H,16,17). The molecule has 1 aromatic heterocycles. The predicted octanol–water partition coefficient (Wildman–Crippen LogP) is 2.19. The number of carbonyl (C=O) groups excluding carboxylic acids is 1. The first-order valence-electron chi connectivity index (χ1n) is 7.10. The van der Waals surface area contributed by atoms with Gasteiger partial charge in [-0.3, -0.25) is 9.89 Å². The maximum absolute atomic E-state index is 12.6. The molecule has 2 aromatic rings. The van der Waals surface area contributed by atoms with E-state index in [4.69, 9.17) is 5.11 Å². The largest absolute Gasteiger partial charge is 0.395 e. The summed E-state index contributed by atoms with van der Waals surface area (Å²) in [4.78, 5) is 14.3. The molecule has 0 saturated carbocycles. The lowest BCUT2D eigenvalue weighted by molar-refractivity contribution is 0.0720. The van der Waals surface area contributed by atoms with Gasteiger partial charge >= 0.3 is 0 Å². The van der Waals surface area contributed by atoms with E-state index in [2.05, 4.69) is 17.1 Å². The van der Waals surface area contributed by atoms with Crippen LogP contribution < -0.4 is 0 Å². The SMILES string of the molecule is CCCCCN(CCO)C(=O)c1cccc2cn[nH]c12. The van der Waals surface area contributed by atoms with E-state index in [0.717, 1.165) is 30.2 Å². The number of rotatable bonds is 7. The Labute approximate surface area is 118 Å². The number of aromatic nitrogens is 2. The number of amides is 1. The molecule has 0 aliphatic rings. The van der Waals surface area contributed by atoms with E-state index < -0.39 is 0 Å². The second-order valence-corrected chi connectivity index (χ2v) is 4.86. The van der Waals surface area contributed by atoms with Crippen molar-refractivity contribution in [2.75, 3.05) is 19.7 Å². The van der Waals surface area contributed by atoms with Gasteiger partial charge in [0.15, 0.2) is 0 Å². The van der Waals surface area contributed by atoms with Gasteiger partial charge in [-0.15, -0.1) is 0 Å². The molecule has 0 atom stereocenters. The van der Waals surface area contributed by atoms with Crippen LogP contribution in [-0.4, -0.2) is 45.8 Å². The fourth-order valence-corrected chi connectivity index (χ4v) is 2.31. The maximum Gasteiger partial charge on any atom is 0.256 e. The molecular weight excluding hydrogens is 254 g/mol. The van der Waals surface area contributed by atoms with Crippen LogP contribution in [0.5, 0.6) is 0 Å². The number of hydrogen-bond acceptors (Lipinski definition) is 3. The number of H-pyrrole nitrogens is 1. The van der Waals surface area contributed by atoms with Crippen molar-refractivity contribution in [1.29, 1.82) is 0 Å². The first-order valence-corrected chi connectivity index (χ1v) is 7.10. The Kier molecular flexibility index (Phi) is 5.12. The molecular formula is C15H21N3O2. The molecule has 1 aromatic carbocycles. The Morgan fingerprint density at radius 1 is 1.35 bits per heavy atom. The van der Waals surface area contributed by atoms with Crippen LogP contribution in [0.1, 0.15) is 36.5 Å². The average molecular weight is 275 g/mol. The monoisotopic (exact) mass is 275 g/mol. The number of benzene rings is 1. The number of unbranched alkanes of at least 4 members (excludes halogenated alkanes) is 2. The van der Waals surface area contributed by atoms with Gasteiger partial charge in [-0.1, -0.05) is 31.9 Å². The molecule has 2 rings (SSSR count). The lowest BCUT2D eigenvalue weighted by atomic mass is 10.1. The Morgan fingerprint density at radius 2 is 2.20 bits per heavy atom. The van der Waals surface area contributed by atoms with Gasteiger partial charge in [0.1, 0.15) is 0 Å². The maximum atomic E-state index is 12.6. The highest BCUT2D eigenvalue weighted by atomic mass is 16.3. The zero-order valence-electron chi connectivity index (χ0n) is 11.8. The van der Waals surface area contributed by atoms with Gasteiger partial charge in [0.05, 0.1) is 23.9 Å². The van der Waals surface area contributed by atoms with Gasteiger partial charge in [0, 0.05) is 18.5 Å². The minimum atomic E-state index is -0.0509. The quantitative estimate of drug-likeness (QED) is 0.761. The van der Waals surface area contributed by atoms with E-state index in [1.807, 2.05) is 12.1 Å². The molecule has 108 valence electrons. The van der Waals surface area contributed by atoms with Gasteiger partial charge in [0.25, 0.3) is 5.91 Å². The van der Waals surface area contributed by atoms with Gasteiger partial charge in [-0.05, 0) is 12.5 Å². The summed E-state index contributed by atoms with van der Waals surface area (Å²) in [7, 11) is 0. The number of nitrogens with one attached hydrogen (secondary N) is 1. The lowest BCUT2D eigenvalue weighted by Gasteiger charge is -2.22. The predicted molar refractivity (Wildman–Crippen MR) is 78.6 cm³/mol. The van der Waals surface area contributed by atoms with Crippen molar-refractivity contribution in [3.63, 3.8) is 0 Å². The van der Waals surface area contributed by atoms with Gasteiger partial charge < -0.3 is 10.0 Å². The van der Waals surface area contributed by atoms with Crippen LogP contribution in [0.3, 0.4) is 0 Å². The summed E-state index contributed by atoms with van der Waals surface area (Å²) in [5.41, 5.74) is 1.38. The first kappa shape index (κ1) is 14.5. The van der Waals surface area contributed by atoms with Crippen LogP contribution in [0.15, 0.2) is 24.4 Å². The third kappa shape index (κ3) is 3.17. The highest BCUT2D eigenvalue weighted by molar-refractivity contribution is 6.05. The summed E-state index contributed by atoms with van der Waals surface area (Å²) in [5.74, 6) is -0.0509. The minimum Gasteiger partial charge on any atom is -0.395 e. The number of nitrogens with zero attached hydrogens (tertiary/aromatic N) is 2. The fraction of sp³-hybridized carbons (Fsp3) is 0.467. The van der Waals surface area contributed by atoms with E-state index in [1.54, 1.807) is 17.2 Å². The Balaban J connectivity index is 2.19. The highest BCUT2D eigenvalue weighted by Crippen LogP contribution is 2.17. The number of aromatic amines is 1. The Hall–Kier alpha value is -1.88. The molecule has 5 nitrogen and oxygen atoms in total. The van der Waals surface area contributed by atoms with E-state index in [0.29, 0.717) is 18.7 Å². The highest BCUT2D eigenvalue weighted by Gasteiger charge is 2.18. The van der Waals surface area contributed by atoms with Crippen LogP contribution in [-0.2, 0) is 0 Å². The summed E-state index contributed by atoms with van der Waals surface area (Å²) in [6.45, 7) is 3.16. The number of aliphatic hydroxyl groups is 1. The molecule has 0 aliphatic heterocycles. The van der Waals surface area contributed by atoms with Crippen molar-refractivity contribution in [2.45, 2.75) is 26.2 Å². The normalized spacial score (nSPS) is 10.9. The second-order valence-electron chi connectivity index (χ2n) is 4.86. The van der Waals surface area contributed by atoms with E-state index >= 15 is 0 Å². The molecule has 1 heterocycles. The van der Waals surface area contributed by atoms with Crippen molar-refractivity contribution in [1.82, 2.24) is 15.1 Å². The molecule has 2 N–H and O–H groups in total. The van der Waals surface area contributed by atoms with Crippen LogP contribution in [0.25, 0.3) is 10.9 Å². The first-order chi connectivity index (χ1) is 9.77. The molecule has 0 bridgehead atoms. The van der Waals surface area contributed by atoms with Crippen molar-refractivity contribution >= 4 is 16.8 Å². The topological polar surface area (TPSA) is 69.2 Å². The number of fused-ring (bicyclic) bond motifs is 1. The van der Waals surface area contributed by atoms with Crippen molar-refractivity contribution < 1.29 is 9.90 Å². The third-order valence-electron chi connectivity index (χ3n) is 3.40. The number of hydrogen-bond donors (Lipinski definition) is 2. The van der Waals surface area contributed by atoms with Gasteiger partial charge in [-0.2, -0.15) is 5.10 Å². The van der Waals surface area contributed by atoms with E-state index in [-0.39, 0.29) is 12.5 Å². The van der Waals surface area contributed by atoms with Crippen LogP contribution in [0.2, 0.25) is 0 Å². The molecule has 0 saturated heterocycles. The summed E-state index contributed by atoms with van der Waals surface area (Å²) in [5, 5.41) is 16.9. The molecule has 0 fully saturated rings. The summed E-state index contributed by atoms with van der Waals surface area (Å²) < 4.78 is 0. The number of aliphatic hydroxyl groups excluding tert-OH is 1. The lowest BCUT2D eigenvalue weighted by Crippen LogP contribution is -2.34. The molecule has 0 spiro atoms. The van der Waals surface area contributed by atoms with Crippen LogP contribution >= 0.6 is 0 Å². The van der Waals surface area contributed by atoms with E-state index in [1.165, 1.54) is 0 Å². The molecule has 0 aliphatic carbocycles. The van der Waals surface area contributed by atoms with Gasteiger partial charge in [0.2, 0.25) is 0 Å². The van der Waals surface area contributed by atoms with Crippen LogP contribution in [0, 0.1) is 0 Å². The summed E-state index contributed by atoms with van der Waals surface area (Å²) in [6.07, 6.45) is 4.86. The smallest absolute Gasteiger partial charge is 0.256 e. The third-order valence-corrected chi connectivity index (χ3v) is 3.40. The average Bonchev–Trinajstić information content (AvgIpc) is 2.94. The van der Waals surface area contributed by atoms with Crippen molar-refractivity contribution in [3.05, 3.63) is 30.0 Å². The zero-order chi connectivity index (χ0) is 14.4. The number of para-hydroxylation sites is 1. The molecule has 0 unspecified atom stereocenters. The Bertz CT molecular complexity index is 565. The molecule has 0 radical (unpaired) electrons. The number of carbonyl (C=O) groups is 1. The van der Waals surface area contributed by atoms with Crippen molar-refractivity contribution in [3.8, 4) is 0 Å². The van der Waals surface area contributed by atoms with Gasteiger partial charge in [-0.25, -0.2) is 0 Å². The second kappa shape index (κ2) is 7.05. The fourth-order valence-electron chi connectivity index (χ4n) is 2.31.